The van der Waals surface area contributed by atoms with E-state index in [1.165, 1.54) is 6.20 Å². The normalized spacial score (nSPS) is 21.1. The van der Waals surface area contributed by atoms with Crippen LogP contribution in [0.4, 0.5) is 5.82 Å². The van der Waals surface area contributed by atoms with Gasteiger partial charge in [-0.1, -0.05) is 11.6 Å². The van der Waals surface area contributed by atoms with Gasteiger partial charge in [-0.05, 0) is 0 Å². The van der Waals surface area contributed by atoms with Crippen LogP contribution in [0.25, 0.3) is 0 Å². The maximum atomic E-state index is 8.75. The van der Waals surface area contributed by atoms with Crippen molar-refractivity contribution in [2.45, 2.75) is 6.10 Å². The van der Waals surface area contributed by atoms with E-state index in [9.17, 15) is 0 Å². The first-order valence-corrected chi connectivity index (χ1v) is 4.91. The minimum Gasteiger partial charge on any atom is -0.360 e. The molecule has 0 aliphatic carbocycles. The van der Waals surface area contributed by atoms with Crippen molar-refractivity contribution >= 4 is 17.4 Å². The molecule has 2 heterocycles. The van der Waals surface area contributed by atoms with Crippen molar-refractivity contribution in [1.82, 2.24) is 9.97 Å². The highest BCUT2D eigenvalue weighted by Gasteiger charge is 2.21. The number of nitrogens with zero attached hydrogens (tertiary/aromatic N) is 4. The number of rotatable bonds is 1. The first-order valence-electron chi connectivity index (χ1n) is 4.53. The highest BCUT2D eigenvalue weighted by Crippen LogP contribution is 2.15. The van der Waals surface area contributed by atoms with Crippen molar-refractivity contribution in [2.75, 3.05) is 24.6 Å². The number of anilines is 1. The highest BCUT2D eigenvalue weighted by molar-refractivity contribution is 6.29. The number of nitriles is 1. The smallest absolute Gasteiger partial charge is 0.161 e. The minimum atomic E-state index is -0.403. The van der Waals surface area contributed by atoms with E-state index in [0.717, 1.165) is 0 Å². The Labute approximate surface area is 92.3 Å². The fraction of sp³-hybridized carbons (Fsp3) is 0.444. The molecule has 0 spiro atoms. The molecule has 1 fully saturated rings. The molecule has 1 saturated heterocycles. The van der Waals surface area contributed by atoms with Gasteiger partial charge in [0.05, 0.1) is 31.6 Å². The first-order chi connectivity index (χ1) is 7.29. The van der Waals surface area contributed by atoms with Crippen molar-refractivity contribution in [2.24, 2.45) is 0 Å². The Balaban J connectivity index is 2.14. The number of hydrogen-bond donors (Lipinski definition) is 0. The molecule has 1 aromatic rings. The molecular weight excluding hydrogens is 216 g/mol. The Bertz CT molecular complexity index is 392. The Kier molecular flexibility index (Phi) is 2.99. The van der Waals surface area contributed by atoms with Crippen LogP contribution in [-0.4, -0.2) is 35.8 Å². The Morgan fingerprint density at radius 3 is 3.20 bits per heavy atom. The number of halogens is 1. The van der Waals surface area contributed by atoms with Crippen LogP contribution in [0.15, 0.2) is 12.4 Å². The summed E-state index contributed by atoms with van der Waals surface area (Å²) in [5.74, 6) is 0.686. The van der Waals surface area contributed by atoms with Gasteiger partial charge in [0.1, 0.15) is 11.0 Å². The lowest BCUT2D eigenvalue weighted by atomic mass is 10.3. The molecule has 78 valence electrons. The molecule has 1 aromatic heterocycles. The van der Waals surface area contributed by atoms with Gasteiger partial charge in [0.15, 0.2) is 6.10 Å². The van der Waals surface area contributed by atoms with E-state index in [2.05, 4.69) is 16.0 Å². The molecule has 0 amide bonds. The average Bonchev–Trinajstić information content (AvgIpc) is 2.29. The summed E-state index contributed by atoms with van der Waals surface area (Å²) in [6.45, 7) is 1.73. The maximum Gasteiger partial charge on any atom is 0.161 e. The summed E-state index contributed by atoms with van der Waals surface area (Å²) in [5.41, 5.74) is 0. The Hall–Kier alpha value is -1.38. The van der Waals surface area contributed by atoms with Crippen LogP contribution in [0, 0.1) is 11.3 Å². The van der Waals surface area contributed by atoms with Gasteiger partial charge < -0.3 is 9.64 Å². The van der Waals surface area contributed by atoms with Gasteiger partial charge in [0.2, 0.25) is 0 Å². The van der Waals surface area contributed by atoms with E-state index in [4.69, 9.17) is 21.6 Å². The van der Waals surface area contributed by atoms with E-state index in [0.29, 0.717) is 30.7 Å². The molecule has 15 heavy (non-hydrogen) atoms. The third-order valence-corrected chi connectivity index (χ3v) is 2.31. The summed E-state index contributed by atoms with van der Waals surface area (Å²) in [5, 5.41) is 9.10. The van der Waals surface area contributed by atoms with Gasteiger partial charge >= 0.3 is 0 Å². The summed E-state index contributed by atoms with van der Waals surface area (Å²) in [4.78, 5) is 10.0. The molecule has 0 aromatic carbocycles. The molecule has 1 unspecified atom stereocenters. The van der Waals surface area contributed by atoms with Crippen LogP contribution >= 0.6 is 11.6 Å². The minimum absolute atomic E-state index is 0.354. The molecule has 0 saturated carbocycles. The summed E-state index contributed by atoms with van der Waals surface area (Å²) in [6, 6.07) is 2.07. The molecule has 1 aliphatic rings. The second-order valence-electron chi connectivity index (χ2n) is 3.13. The molecule has 0 bridgehead atoms. The quantitative estimate of drug-likeness (QED) is 0.708. The maximum absolute atomic E-state index is 8.75. The lowest BCUT2D eigenvalue weighted by Gasteiger charge is -2.30. The van der Waals surface area contributed by atoms with Crippen LogP contribution in [0.2, 0.25) is 5.15 Å². The summed E-state index contributed by atoms with van der Waals surface area (Å²) in [7, 11) is 0. The van der Waals surface area contributed by atoms with Crippen LogP contribution in [-0.2, 0) is 4.74 Å². The zero-order valence-corrected chi connectivity index (χ0v) is 8.68. The van der Waals surface area contributed by atoms with Gasteiger partial charge in [0, 0.05) is 6.54 Å². The van der Waals surface area contributed by atoms with E-state index < -0.39 is 6.10 Å². The van der Waals surface area contributed by atoms with Gasteiger partial charge in [-0.15, -0.1) is 0 Å². The fourth-order valence-corrected chi connectivity index (χ4v) is 1.56. The standard InChI is InChI=1S/C9H9ClN4O/c10-8-4-12-5-9(13-8)14-1-2-15-7(3-11)6-14/h4-5,7H,1-2,6H2. The SMILES string of the molecule is N#CC1CN(c2cncc(Cl)n2)CCO1. The number of hydrogen-bond acceptors (Lipinski definition) is 5. The van der Waals surface area contributed by atoms with Crippen molar-refractivity contribution in [3.63, 3.8) is 0 Å². The first kappa shape index (κ1) is 10.1. The van der Waals surface area contributed by atoms with Crippen LogP contribution < -0.4 is 4.90 Å². The van der Waals surface area contributed by atoms with Crippen molar-refractivity contribution in [3.8, 4) is 6.07 Å². The third kappa shape index (κ3) is 2.35. The second kappa shape index (κ2) is 4.43. The van der Waals surface area contributed by atoms with Crippen LogP contribution in [0.3, 0.4) is 0 Å². The van der Waals surface area contributed by atoms with Crippen LogP contribution in [0.1, 0.15) is 0 Å². The monoisotopic (exact) mass is 224 g/mol. The molecule has 6 heteroatoms. The largest absolute Gasteiger partial charge is 0.360 e. The van der Waals surface area contributed by atoms with E-state index in [1.54, 1.807) is 6.20 Å². The molecule has 0 radical (unpaired) electrons. The molecule has 0 N–H and O–H groups in total. The Morgan fingerprint density at radius 1 is 1.60 bits per heavy atom. The summed E-state index contributed by atoms with van der Waals surface area (Å²) in [6.07, 6.45) is 2.71. The van der Waals surface area contributed by atoms with E-state index >= 15 is 0 Å². The predicted molar refractivity (Wildman–Crippen MR) is 54.6 cm³/mol. The van der Waals surface area contributed by atoms with E-state index in [1.807, 2.05) is 4.90 Å². The van der Waals surface area contributed by atoms with Gasteiger partial charge in [0.25, 0.3) is 0 Å². The van der Waals surface area contributed by atoms with E-state index in [-0.39, 0.29) is 0 Å². The van der Waals surface area contributed by atoms with Gasteiger partial charge in [-0.2, -0.15) is 5.26 Å². The van der Waals surface area contributed by atoms with Crippen molar-refractivity contribution in [3.05, 3.63) is 17.5 Å². The van der Waals surface area contributed by atoms with Gasteiger partial charge in [-0.25, -0.2) is 4.98 Å². The predicted octanol–water partition coefficient (Wildman–Crippen LogP) is 0.859. The fourth-order valence-electron chi connectivity index (χ4n) is 1.42. The van der Waals surface area contributed by atoms with Gasteiger partial charge in [-0.3, -0.25) is 4.98 Å². The van der Waals surface area contributed by atoms with Crippen molar-refractivity contribution in [1.29, 1.82) is 5.26 Å². The number of morpholine rings is 1. The second-order valence-corrected chi connectivity index (χ2v) is 3.52. The molecular formula is C9H9ClN4O. The van der Waals surface area contributed by atoms with Crippen LogP contribution in [0.5, 0.6) is 0 Å². The topological polar surface area (TPSA) is 62.0 Å². The molecule has 1 aliphatic heterocycles. The molecule has 2 rings (SSSR count). The molecule has 5 nitrogen and oxygen atoms in total. The van der Waals surface area contributed by atoms with Crippen molar-refractivity contribution < 1.29 is 4.74 Å². The number of aromatic nitrogens is 2. The summed E-state index contributed by atoms with van der Waals surface area (Å²) < 4.78 is 5.23. The summed E-state index contributed by atoms with van der Waals surface area (Å²) >= 11 is 5.74. The zero-order chi connectivity index (χ0) is 10.7. The zero-order valence-electron chi connectivity index (χ0n) is 7.93. The third-order valence-electron chi connectivity index (χ3n) is 2.13. The highest BCUT2D eigenvalue weighted by atomic mass is 35.5. The number of ether oxygens (including phenoxy) is 1. The lowest BCUT2D eigenvalue weighted by molar-refractivity contribution is 0.0761. The lowest BCUT2D eigenvalue weighted by Crippen LogP contribution is -2.42. The molecule has 1 atom stereocenters. The Morgan fingerprint density at radius 2 is 2.47 bits per heavy atom. The average molecular weight is 225 g/mol.